The van der Waals surface area contributed by atoms with E-state index >= 15 is 0 Å². The Kier molecular flexibility index (Phi) is 6.57. The van der Waals surface area contributed by atoms with Gasteiger partial charge in [0.25, 0.3) is 5.91 Å². The van der Waals surface area contributed by atoms with E-state index in [1.807, 2.05) is 0 Å². The van der Waals surface area contributed by atoms with Crippen molar-refractivity contribution in [3.63, 3.8) is 0 Å². The van der Waals surface area contributed by atoms with E-state index in [1.165, 1.54) is 0 Å². The predicted molar refractivity (Wildman–Crippen MR) is 68.2 cm³/mol. The molecule has 1 rings (SSSR count). The average Bonchev–Trinajstić information content (AvgIpc) is 2.41. The zero-order valence-electron chi connectivity index (χ0n) is 11.2. The number of benzene rings is 1. The van der Waals surface area contributed by atoms with Crippen LogP contribution in [0.5, 0.6) is 0 Å². The minimum absolute atomic E-state index is 0.166. The number of carbonyl (C=O) groups excluding carboxylic acids is 1. The number of nitrogens with one attached hydrogen (secondary N) is 1. The minimum Gasteiger partial charge on any atom is -0.380 e. The Bertz CT molecular complexity index is 478. The monoisotopic (exact) mass is 308 g/mol. The molecule has 0 saturated carbocycles. The minimum atomic E-state index is -4.63. The van der Waals surface area contributed by atoms with Crippen LogP contribution in [0.3, 0.4) is 0 Å². The number of ether oxygens (including phenoxy) is 1. The third kappa shape index (κ3) is 5.68. The second-order valence-corrected chi connectivity index (χ2v) is 4.20. The van der Waals surface area contributed by atoms with Crippen LogP contribution in [0, 0.1) is 5.82 Å². The van der Waals surface area contributed by atoms with Gasteiger partial charge in [-0.15, -0.1) is 0 Å². The molecular weight excluding hydrogens is 292 g/mol. The van der Waals surface area contributed by atoms with Crippen LogP contribution in [0.15, 0.2) is 18.2 Å². The Morgan fingerprint density at radius 3 is 2.62 bits per heavy atom. The first kappa shape index (κ1) is 17.4. The zero-order valence-corrected chi connectivity index (χ0v) is 11.2. The molecule has 21 heavy (non-hydrogen) atoms. The number of hydrogen-bond acceptors (Lipinski definition) is 3. The van der Waals surface area contributed by atoms with E-state index in [0.717, 1.165) is 0 Å². The number of nitrogens with two attached hydrogens (primary N) is 1. The van der Waals surface area contributed by atoms with Crippen molar-refractivity contribution < 1.29 is 27.1 Å². The van der Waals surface area contributed by atoms with Gasteiger partial charge in [-0.2, -0.15) is 13.2 Å². The fraction of sp³-hybridized carbons (Fsp3) is 0.462. The molecule has 0 saturated heterocycles. The molecule has 0 atom stereocenters. The summed E-state index contributed by atoms with van der Waals surface area (Å²) in [5, 5.41) is 2.34. The van der Waals surface area contributed by atoms with Gasteiger partial charge >= 0.3 is 6.18 Å². The molecular formula is C13H16F4N2O2. The average molecular weight is 308 g/mol. The van der Waals surface area contributed by atoms with Crippen molar-refractivity contribution in [1.82, 2.24) is 5.32 Å². The highest BCUT2D eigenvalue weighted by molar-refractivity contribution is 5.94. The van der Waals surface area contributed by atoms with Crippen LogP contribution < -0.4 is 11.1 Å². The van der Waals surface area contributed by atoms with E-state index in [4.69, 9.17) is 10.5 Å². The summed E-state index contributed by atoms with van der Waals surface area (Å²) in [7, 11) is 0. The first-order valence-electron chi connectivity index (χ1n) is 6.29. The van der Waals surface area contributed by atoms with Crippen LogP contribution in [-0.2, 0) is 10.9 Å². The molecule has 1 aromatic carbocycles. The maximum Gasteiger partial charge on any atom is 0.416 e. The molecule has 0 spiro atoms. The van der Waals surface area contributed by atoms with E-state index in [1.54, 1.807) is 0 Å². The molecule has 118 valence electrons. The summed E-state index contributed by atoms with van der Waals surface area (Å²) < 4.78 is 56.0. The van der Waals surface area contributed by atoms with Gasteiger partial charge in [0.2, 0.25) is 0 Å². The highest BCUT2D eigenvalue weighted by Crippen LogP contribution is 2.30. The van der Waals surface area contributed by atoms with Gasteiger partial charge in [-0.05, 0) is 24.6 Å². The molecule has 8 heteroatoms. The van der Waals surface area contributed by atoms with Crippen LogP contribution in [0.4, 0.5) is 17.6 Å². The number of carbonyl (C=O) groups is 1. The molecule has 1 amide bonds. The molecule has 1 aromatic rings. The van der Waals surface area contributed by atoms with Crippen molar-refractivity contribution in [3.8, 4) is 0 Å². The second-order valence-electron chi connectivity index (χ2n) is 4.20. The molecule has 0 aliphatic rings. The molecule has 4 nitrogen and oxygen atoms in total. The summed E-state index contributed by atoms with van der Waals surface area (Å²) in [6.45, 7) is 1.28. The summed E-state index contributed by atoms with van der Waals surface area (Å²) in [4.78, 5) is 11.7. The normalized spacial score (nSPS) is 11.5. The maximum atomic E-state index is 13.4. The van der Waals surface area contributed by atoms with Crippen molar-refractivity contribution >= 4 is 5.91 Å². The number of hydrogen-bond donors (Lipinski definition) is 2. The first-order chi connectivity index (χ1) is 9.86. The Hall–Kier alpha value is -1.67. The Balaban J connectivity index is 2.57. The summed E-state index contributed by atoms with van der Waals surface area (Å²) in [6, 6.07) is 1.71. The number of amides is 1. The van der Waals surface area contributed by atoms with Crippen LogP contribution in [0.1, 0.15) is 22.3 Å². The van der Waals surface area contributed by atoms with Gasteiger partial charge in [0.1, 0.15) is 5.82 Å². The fourth-order valence-electron chi connectivity index (χ4n) is 1.53. The van der Waals surface area contributed by atoms with Gasteiger partial charge in [0, 0.05) is 19.7 Å². The van der Waals surface area contributed by atoms with Gasteiger partial charge in [-0.25, -0.2) is 4.39 Å². The maximum absolute atomic E-state index is 13.4. The van der Waals surface area contributed by atoms with Gasteiger partial charge < -0.3 is 15.8 Å². The second kappa shape index (κ2) is 7.94. The third-order valence-corrected chi connectivity index (χ3v) is 2.55. The molecule has 0 aliphatic heterocycles. The number of alkyl halides is 3. The number of rotatable bonds is 7. The lowest BCUT2D eigenvalue weighted by Crippen LogP contribution is -2.26. The zero-order chi connectivity index (χ0) is 15.9. The van der Waals surface area contributed by atoms with Crippen LogP contribution >= 0.6 is 0 Å². The summed E-state index contributed by atoms with van der Waals surface area (Å²) in [5.74, 6) is -1.89. The standard InChI is InChI=1S/C13H16F4N2O2/c14-11-3-2-9(13(15,16)17)8-10(11)12(20)19-5-1-6-21-7-4-18/h2-3,8H,1,4-7,18H2,(H,19,20). The van der Waals surface area contributed by atoms with Crippen LogP contribution in [-0.4, -0.2) is 32.2 Å². The van der Waals surface area contributed by atoms with Crippen molar-refractivity contribution in [2.24, 2.45) is 5.73 Å². The lowest BCUT2D eigenvalue weighted by Gasteiger charge is -2.10. The van der Waals surface area contributed by atoms with Crippen molar-refractivity contribution in [2.45, 2.75) is 12.6 Å². The summed E-state index contributed by atoms with van der Waals surface area (Å²) in [5.41, 5.74) is 3.50. The summed E-state index contributed by atoms with van der Waals surface area (Å²) in [6.07, 6.45) is -4.18. The Labute approximate surface area is 119 Å². The van der Waals surface area contributed by atoms with Gasteiger partial charge in [0.05, 0.1) is 17.7 Å². The van der Waals surface area contributed by atoms with E-state index in [9.17, 15) is 22.4 Å². The fourth-order valence-corrected chi connectivity index (χ4v) is 1.53. The molecule has 3 N–H and O–H groups in total. The molecule has 0 radical (unpaired) electrons. The van der Waals surface area contributed by atoms with Gasteiger partial charge in [-0.1, -0.05) is 0 Å². The first-order valence-corrected chi connectivity index (χ1v) is 6.29. The van der Waals surface area contributed by atoms with E-state index in [-0.39, 0.29) is 6.54 Å². The van der Waals surface area contributed by atoms with Crippen molar-refractivity contribution in [1.29, 1.82) is 0 Å². The van der Waals surface area contributed by atoms with E-state index in [0.29, 0.717) is 44.4 Å². The smallest absolute Gasteiger partial charge is 0.380 e. The number of halogens is 4. The van der Waals surface area contributed by atoms with E-state index < -0.39 is 29.0 Å². The third-order valence-electron chi connectivity index (χ3n) is 2.55. The molecule has 0 aromatic heterocycles. The van der Waals surface area contributed by atoms with E-state index in [2.05, 4.69) is 5.32 Å². The Morgan fingerprint density at radius 1 is 1.29 bits per heavy atom. The molecule has 0 fully saturated rings. The summed E-state index contributed by atoms with van der Waals surface area (Å²) >= 11 is 0. The van der Waals surface area contributed by atoms with Crippen LogP contribution in [0.25, 0.3) is 0 Å². The van der Waals surface area contributed by atoms with Crippen molar-refractivity contribution in [2.75, 3.05) is 26.3 Å². The van der Waals surface area contributed by atoms with Gasteiger partial charge in [0.15, 0.2) is 0 Å². The highest BCUT2D eigenvalue weighted by Gasteiger charge is 2.31. The Morgan fingerprint density at radius 2 is 2.00 bits per heavy atom. The van der Waals surface area contributed by atoms with Crippen molar-refractivity contribution in [3.05, 3.63) is 35.1 Å². The molecule has 0 unspecified atom stereocenters. The van der Waals surface area contributed by atoms with Crippen LogP contribution in [0.2, 0.25) is 0 Å². The SMILES string of the molecule is NCCOCCCNC(=O)c1cc(C(F)(F)F)ccc1F. The topological polar surface area (TPSA) is 64.3 Å². The lowest BCUT2D eigenvalue weighted by molar-refractivity contribution is -0.137. The highest BCUT2D eigenvalue weighted by atomic mass is 19.4. The van der Waals surface area contributed by atoms with Gasteiger partial charge in [-0.3, -0.25) is 4.79 Å². The lowest BCUT2D eigenvalue weighted by atomic mass is 10.1. The molecule has 0 heterocycles. The largest absolute Gasteiger partial charge is 0.416 e. The molecule has 0 bridgehead atoms. The quantitative estimate of drug-likeness (QED) is 0.598. The molecule has 0 aliphatic carbocycles. The predicted octanol–water partition coefficient (Wildman–Crippen LogP) is 1.94.